The third-order valence-corrected chi connectivity index (χ3v) is 8.11. The molecule has 1 fully saturated rings. The summed E-state index contributed by atoms with van der Waals surface area (Å²) in [6.07, 6.45) is 0.906. The SMILES string of the molecule is Cc1cc(C(=O)NN2CCC(S(=O)(=O)Cc3ccccc3)CC2)n(-c2cccc(C(=N)N)c2)n1. The number of amidine groups is 1. The van der Waals surface area contributed by atoms with E-state index < -0.39 is 15.1 Å². The number of hydrazine groups is 1. The van der Waals surface area contributed by atoms with E-state index in [2.05, 4.69) is 10.5 Å². The molecule has 1 aromatic heterocycles. The van der Waals surface area contributed by atoms with Crippen molar-refractivity contribution in [3.8, 4) is 5.69 Å². The van der Waals surface area contributed by atoms with Crippen LogP contribution in [0.15, 0.2) is 60.7 Å². The van der Waals surface area contributed by atoms with Crippen molar-refractivity contribution in [1.29, 1.82) is 5.41 Å². The number of carbonyl (C=O) groups is 1. The molecule has 34 heavy (non-hydrogen) atoms. The van der Waals surface area contributed by atoms with Crippen LogP contribution in [-0.4, -0.2) is 53.3 Å². The molecule has 10 heteroatoms. The van der Waals surface area contributed by atoms with Gasteiger partial charge in [0.2, 0.25) is 0 Å². The first kappa shape index (κ1) is 23.7. The van der Waals surface area contributed by atoms with Crippen molar-refractivity contribution in [3.63, 3.8) is 0 Å². The first-order valence-electron chi connectivity index (χ1n) is 11.1. The van der Waals surface area contributed by atoms with Crippen molar-refractivity contribution in [3.05, 3.63) is 83.2 Å². The maximum absolute atomic E-state index is 13.1. The maximum atomic E-state index is 13.1. The number of carbonyl (C=O) groups excluding carboxylic acids is 1. The lowest BCUT2D eigenvalue weighted by atomic mass is 10.1. The second-order valence-corrected chi connectivity index (χ2v) is 10.7. The Morgan fingerprint density at radius 3 is 2.50 bits per heavy atom. The maximum Gasteiger partial charge on any atom is 0.284 e. The van der Waals surface area contributed by atoms with Crippen molar-refractivity contribution >= 4 is 21.6 Å². The molecule has 4 N–H and O–H groups in total. The van der Waals surface area contributed by atoms with Gasteiger partial charge in [0.25, 0.3) is 5.91 Å². The third kappa shape index (κ3) is 5.35. The van der Waals surface area contributed by atoms with Gasteiger partial charge in [0, 0.05) is 18.7 Å². The number of amides is 1. The zero-order valence-electron chi connectivity index (χ0n) is 18.9. The third-order valence-electron chi connectivity index (χ3n) is 5.89. The lowest BCUT2D eigenvalue weighted by Crippen LogP contribution is -2.49. The summed E-state index contributed by atoms with van der Waals surface area (Å²) in [6.45, 7) is 2.68. The number of aryl methyl sites for hydroxylation is 1. The van der Waals surface area contributed by atoms with E-state index >= 15 is 0 Å². The van der Waals surface area contributed by atoms with Crippen LogP contribution in [0.25, 0.3) is 5.69 Å². The Bertz CT molecular complexity index is 1300. The van der Waals surface area contributed by atoms with E-state index in [0.29, 0.717) is 48.6 Å². The fourth-order valence-electron chi connectivity index (χ4n) is 4.12. The fourth-order valence-corrected chi connectivity index (χ4v) is 5.94. The molecule has 0 radical (unpaired) electrons. The molecule has 1 aliphatic rings. The van der Waals surface area contributed by atoms with Crippen LogP contribution in [0.4, 0.5) is 0 Å². The highest BCUT2D eigenvalue weighted by Gasteiger charge is 2.31. The van der Waals surface area contributed by atoms with E-state index in [1.54, 1.807) is 42.3 Å². The Morgan fingerprint density at radius 1 is 1.12 bits per heavy atom. The fraction of sp³-hybridized carbons (Fsp3) is 0.292. The summed E-state index contributed by atoms with van der Waals surface area (Å²) in [5, 5.41) is 13.4. The van der Waals surface area contributed by atoms with Crippen LogP contribution >= 0.6 is 0 Å². The number of rotatable bonds is 7. The number of aromatic nitrogens is 2. The summed E-state index contributed by atoms with van der Waals surface area (Å²) in [7, 11) is -3.27. The number of nitrogens with two attached hydrogens (primary N) is 1. The monoisotopic (exact) mass is 480 g/mol. The van der Waals surface area contributed by atoms with Gasteiger partial charge in [0.05, 0.1) is 22.4 Å². The van der Waals surface area contributed by atoms with Crippen LogP contribution in [0.5, 0.6) is 0 Å². The highest BCUT2D eigenvalue weighted by Crippen LogP contribution is 2.21. The van der Waals surface area contributed by atoms with Crippen LogP contribution in [0.1, 0.15) is 40.2 Å². The van der Waals surface area contributed by atoms with Gasteiger partial charge in [-0.2, -0.15) is 5.10 Å². The second kappa shape index (κ2) is 9.78. The molecule has 1 saturated heterocycles. The molecule has 0 atom stereocenters. The molecule has 1 amide bonds. The molecular formula is C24H28N6O3S. The molecular weight excluding hydrogens is 452 g/mol. The van der Waals surface area contributed by atoms with Crippen molar-refractivity contribution < 1.29 is 13.2 Å². The molecule has 2 aromatic carbocycles. The molecule has 0 bridgehead atoms. The van der Waals surface area contributed by atoms with Gasteiger partial charge in [0.1, 0.15) is 11.5 Å². The Kier molecular flexibility index (Phi) is 6.80. The lowest BCUT2D eigenvalue weighted by molar-refractivity contribution is 0.0744. The summed E-state index contributed by atoms with van der Waals surface area (Å²) in [5.41, 5.74) is 11.4. The molecule has 3 aromatic rings. The first-order chi connectivity index (χ1) is 16.2. The molecule has 0 spiro atoms. The Labute approximate surface area is 199 Å². The van der Waals surface area contributed by atoms with E-state index in [9.17, 15) is 13.2 Å². The van der Waals surface area contributed by atoms with Gasteiger partial charge >= 0.3 is 0 Å². The largest absolute Gasteiger partial charge is 0.384 e. The minimum atomic E-state index is -3.27. The highest BCUT2D eigenvalue weighted by atomic mass is 32.2. The number of hydrogen-bond donors (Lipinski definition) is 3. The van der Waals surface area contributed by atoms with Crippen molar-refractivity contribution in [2.75, 3.05) is 13.1 Å². The molecule has 0 aliphatic carbocycles. The quantitative estimate of drug-likeness (QED) is 0.351. The smallest absolute Gasteiger partial charge is 0.284 e. The Balaban J connectivity index is 1.41. The Morgan fingerprint density at radius 2 is 1.82 bits per heavy atom. The molecule has 178 valence electrons. The van der Waals surface area contributed by atoms with E-state index in [1.165, 1.54) is 4.68 Å². The van der Waals surface area contributed by atoms with Crippen molar-refractivity contribution in [2.45, 2.75) is 30.8 Å². The summed E-state index contributed by atoms with van der Waals surface area (Å²) < 4.78 is 27.2. The second-order valence-electron chi connectivity index (χ2n) is 8.47. The zero-order valence-corrected chi connectivity index (χ0v) is 19.8. The average Bonchev–Trinajstić information content (AvgIpc) is 3.22. The van der Waals surface area contributed by atoms with Gasteiger partial charge in [-0.05, 0) is 43.5 Å². The van der Waals surface area contributed by atoms with Gasteiger partial charge < -0.3 is 5.73 Å². The number of nitrogens with zero attached hydrogens (tertiary/aromatic N) is 3. The molecule has 9 nitrogen and oxygen atoms in total. The summed E-state index contributed by atoms with van der Waals surface area (Å²) in [4.78, 5) is 13.1. The lowest BCUT2D eigenvalue weighted by Gasteiger charge is -2.31. The molecule has 4 rings (SSSR count). The van der Waals surface area contributed by atoms with Crippen LogP contribution in [-0.2, 0) is 15.6 Å². The van der Waals surface area contributed by atoms with Gasteiger partial charge in [-0.15, -0.1) is 0 Å². The predicted molar refractivity (Wildman–Crippen MR) is 130 cm³/mol. The average molecular weight is 481 g/mol. The zero-order chi connectivity index (χ0) is 24.3. The first-order valence-corrected chi connectivity index (χ1v) is 12.8. The topological polar surface area (TPSA) is 134 Å². The molecule has 0 saturated carbocycles. The van der Waals surface area contributed by atoms with E-state index in [4.69, 9.17) is 11.1 Å². The highest BCUT2D eigenvalue weighted by molar-refractivity contribution is 7.91. The standard InChI is InChI=1S/C24H28N6O3S/c1-17-14-22(30(27-17)20-9-5-8-19(15-20)23(25)26)24(31)28-29-12-10-21(11-13-29)34(32,33)16-18-6-3-2-4-7-18/h2-9,14-15,21H,10-13,16H2,1H3,(H3,25,26)(H,28,31). The summed E-state index contributed by atoms with van der Waals surface area (Å²) in [5.74, 6) is -0.371. The van der Waals surface area contributed by atoms with E-state index in [-0.39, 0.29) is 17.5 Å². The number of hydrogen-bond acceptors (Lipinski definition) is 6. The molecule has 1 aliphatic heterocycles. The van der Waals surface area contributed by atoms with Gasteiger partial charge in [-0.3, -0.25) is 15.6 Å². The predicted octanol–water partition coefficient (Wildman–Crippen LogP) is 2.19. The van der Waals surface area contributed by atoms with Crippen LogP contribution < -0.4 is 11.2 Å². The number of benzene rings is 2. The van der Waals surface area contributed by atoms with Gasteiger partial charge in [-0.1, -0.05) is 42.5 Å². The summed E-state index contributed by atoms with van der Waals surface area (Å²) in [6, 6.07) is 17.8. The number of nitrogens with one attached hydrogen (secondary N) is 2. The summed E-state index contributed by atoms with van der Waals surface area (Å²) >= 11 is 0. The van der Waals surface area contributed by atoms with Crippen molar-refractivity contribution in [1.82, 2.24) is 20.2 Å². The van der Waals surface area contributed by atoms with Gasteiger partial charge in [-0.25, -0.2) is 18.1 Å². The van der Waals surface area contributed by atoms with Crippen molar-refractivity contribution in [2.24, 2.45) is 5.73 Å². The van der Waals surface area contributed by atoms with Crippen LogP contribution in [0, 0.1) is 12.3 Å². The van der Waals surface area contributed by atoms with Crippen LogP contribution in [0.3, 0.4) is 0 Å². The number of nitrogen functional groups attached to an aromatic ring is 1. The normalized spacial score (nSPS) is 15.2. The molecule has 2 heterocycles. The minimum absolute atomic E-state index is 0.0304. The van der Waals surface area contributed by atoms with E-state index in [0.717, 1.165) is 5.56 Å². The minimum Gasteiger partial charge on any atom is -0.384 e. The van der Waals surface area contributed by atoms with Gasteiger partial charge in [0.15, 0.2) is 9.84 Å². The van der Waals surface area contributed by atoms with E-state index in [1.807, 2.05) is 30.3 Å². The molecule has 0 unspecified atom stereocenters. The number of piperidine rings is 1. The number of sulfone groups is 1. The Hall–Kier alpha value is -3.50. The van der Waals surface area contributed by atoms with Crippen LogP contribution in [0.2, 0.25) is 0 Å².